The summed E-state index contributed by atoms with van der Waals surface area (Å²) in [5.74, 6) is 2.17. The van der Waals surface area contributed by atoms with Gasteiger partial charge in [0, 0.05) is 25.1 Å². The molecule has 0 unspecified atom stereocenters. The smallest absolute Gasteiger partial charge is 0.146 e. The molecule has 2 aromatic rings. The van der Waals surface area contributed by atoms with E-state index in [4.69, 9.17) is 16.3 Å². The number of hydrogen-bond donors (Lipinski definition) is 0. The fraction of sp³-hybridized carbons (Fsp3) is 0.450. The van der Waals surface area contributed by atoms with Crippen molar-refractivity contribution in [2.75, 3.05) is 25.1 Å². The number of anilines is 1. The number of ether oxygens (including phenoxy) is 1. The highest BCUT2D eigenvalue weighted by Gasteiger charge is 2.33. The molecule has 0 N–H and O–H groups in total. The van der Waals surface area contributed by atoms with Gasteiger partial charge in [0.05, 0.1) is 19.0 Å². The SMILES string of the molecule is COc1cc(Cl)ncc1N1CC(c2ccccc2C2CCCC2)C1. The molecule has 0 radical (unpaired) electrons. The van der Waals surface area contributed by atoms with Gasteiger partial charge >= 0.3 is 0 Å². The number of hydrogen-bond acceptors (Lipinski definition) is 3. The van der Waals surface area contributed by atoms with Crippen LogP contribution in [-0.2, 0) is 0 Å². The third kappa shape index (κ3) is 2.86. The van der Waals surface area contributed by atoms with E-state index in [1.54, 1.807) is 24.3 Å². The van der Waals surface area contributed by atoms with Crippen LogP contribution in [0, 0.1) is 0 Å². The molecule has 1 aliphatic carbocycles. The topological polar surface area (TPSA) is 25.4 Å². The number of halogens is 1. The van der Waals surface area contributed by atoms with Gasteiger partial charge < -0.3 is 9.64 Å². The lowest BCUT2D eigenvalue weighted by Crippen LogP contribution is -2.45. The highest BCUT2D eigenvalue weighted by Crippen LogP contribution is 2.42. The van der Waals surface area contributed by atoms with E-state index in [0.717, 1.165) is 30.4 Å². The molecular formula is C20H23ClN2O. The minimum atomic E-state index is 0.472. The highest BCUT2D eigenvalue weighted by atomic mass is 35.5. The van der Waals surface area contributed by atoms with Gasteiger partial charge in [-0.3, -0.25) is 0 Å². The van der Waals surface area contributed by atoms with Gasteiger partial charge in [0.25, 0.3) is 0 Å². The molecule has 2 fully saturated rings. The van der Waals surface area contributed by atoms with E-state index in [1.807, 2.05) is 6.20 Å². The van der Waals surface area contributed by atoms with E-state index < -0.39 is 0 Å². The van der Waals surface area contributed by atoms with Crippen LogP contribution in [-0.4, -0.2) is 25.2 Å². The summed E-state index contributed by atoms with van der Waals surface area (Å²) in [7, 11) is 1.68. The first-order valence-corrected chi connectivity index (χ1v) is 9.17. The molecule has 0 spiro atoms. The minimum absolute atomic E-state index is 0.472. The summed E-state index contributed by atoms with van der Waals surface area (Å²) >= 11 is 5.97. The summed E-state index contributed by atoms with van der Waals surface area (Å²) < 4.78 is 5.46. The van der Waals surface area contributed by atoms with Crippen molar-refractivity contribution in [1.29, 1.82) is 0 Å². The summed E-state index contributed by atoms with van der Waals surface area (Å²) in [6, 6.07) is 10.8. The lowest BCUT2D eigenvalue weighted by Gasteiger charge is -2.42. The molecule has 24 heavy (non-hydrogen) atoms. The molecule has 0 amide bonds. The van der Waals surface area contributed by atoms with Gasteiger partial charge in [0.2, 0.25) is 0 Å². The molecule has 1 aromatic heterocycles. The largest absolute Gasteiger partial charge is 0.494 e. The van der Waals surface area contributed by atoms with Crippen molar-refractivity contribution in [2.45, 2.75) is 37.5 Å². The maximum absolute atomic E-state index is 5.97. The monoisotopic (exact) mass is 342 g/mol. The first-order chi connectivity index (χ1) is 11.8. The van der Waals surface area contributed by atoms with E-state index in [0.29, 0.717) is 11.1 Å². The summed E-state index contributed by atoms with van der Waals surface area (Å²) in [4.78, 5) is 6.54. The van der Waals surface area contributed by atoms with Crippen LogP contribution in [0.15, 0.2) is 36.5 Å². The average Bonchev–Trinajstić information content (AvgIpc) is 3.09. The number of nitrogens with zero attached hydrogens (tertiary/aromatic N) is 2. The molecule has 1 saturated heterocycles. The summed E-state index contributed by atoms with van der Waals surface area (Å²) in [6.07, 6.45) is 7.28. The van der Waals surface area contributed by atoms with Crippen LogP contribution >= 0.6 is 11.6 Å². The van der Waals surface area contributed by atoms with Crippen LogP contribution in [0.1, 0.15) is 48.6 Å². The molecule has 1 aromatic carbocycles. The van der Waals surface area contributed by atoms with E-state index >= 15 is 0 Å². The van der Waals surface area contributed by atoms with Crippen LogP contribution in [0.2, 0.25) is 5.15 Å². The predicted octanol–water partition coefficient (Wildman–Crippen LogP) is 5.01. The molecule has 2 heterocycles. The predicted molar refractivity (Wildman–Crippen MR) is 98.4 cm³/mol. The molecule has 0 atom stereocenters. The van der Waals surface area contributed by atoms with Crippen LogP contribution < -0.4 is 9.64 Å². The molecule has 2 aliphatic rings. The Balaban J connectivity index is 1.52. The zero-order valence-corrected chi connectivity index (χ0v) is 14.8. The van der Waals surface area contributed by atoms with Gasteiger partial charge in [-0.25, -0.2) is 4.98 Å². The second kappa shape index (κ2) is 6.64. The van der Waals surface area contributed by atoms with Crippen LogP contribution in [0.25, 0.3) is 0 Å². The zero-order chi connectivity index (χ0) is 16.5. The summed E-state index contributed by atoms with van der Waals surface area (Å²) in [6.45, 7) is 2.03. The van der Waals surface area contributed by atoms with Crippen molar-refractivity contribution >= 4 is 17.3 Å². The average molecular weight is 343 g/mol. The lowest BCUT2D eigenvalue weighted by atomic mass is 9.83. The molecule has 3 nitrogen and oxygen atoms in total. The lowest BCUT2D eigenvalue weighted by molar-refractivity contribution is 0.408. The van der Waals surface area contributed by atoms with Crippen molar-refractivity contribution in [2.24, 2.45) is 0 Å². The van der Waals surface area contributed by atoms with Crippen molar-refractivity contribution in [3.05, 3.63) is 52.8 Å². The first-order valence-electron chi connectivity index (χ1n) is 8.79. The third-order valence-electron chi connectivity index (χ3n) is 5.49. The quantitative estimate of drug-likeness (QED) is 0.731. The maximum atomic E-state index is 5.97. The molecular weight excluding hydrogens is 320 g/mol. The molecule has 4 heteroatoms. The van der Waals surface area contributed by atoms with Crippen molar-refractivity contribution in [1.82, 2.24) is 4.98 Å². The van der Waals surface area contributed by atoms with Gasteiger partial charge in [0.15, 0.2) is 0 Å². The standard InChI is InChI=1S/C20H23ClN2O/c1-24-19-10-20(21)22-11-18(19)23-12-15(13-23)17-9-5-4-8-16(17)14-6-2-3-7-14/h4-5,8-11,14-15H,2-3,6-7,12-13H2,1H3. The molecule has 0 bridgehead atoms. The van der Waals surface area contributed by atoms with Crippen LogP contribution in [0.5, 0.6) is 5.75 Å². The Bertz CT molecular complexity index is 721. The second-order valence-corrected chi connectivity index (χ2v) is 7.28. The Morgan fingerprint density at radius 1 is 1.08 bits per heavy atom. The number of aromatic nitrogens is 1. The molecule has 1 aliphatic heterocycles. The Kier molecular flexibility index (Phi) is 4.36. The van der Waals surface area contributed by atoms with Gasteiger partial charge in [0.1, 0.15) is 10.9 Å². The van der Waals surface area contributed by atoms with E-state index in [-0.39, 0.29) is 0 Å². The summed E-state index contributed by atoms with van der Waals surface area (Å²) in [5.41, 5.74) is 4.17. The molecule has 4 rings (SSSR count). The Morgan fingerprint density at radius 3 is 2.42 bits per heavy atom. The zero-order valence-electron chi connectivity index (χ0n) is 14.0. The maximum Gasteiger partial charge on any atom is 0.146 e. The van der Waals surface area contributed by atoms with Gasteiger partial charge in [-0.2, -0.15) is 0 Å². The Hall–Kier alpha value is -1.74. The second-order valence-electron chi connectivity index (χ2n) is 6.89. The Labute approximate surface area is 148 Å². The van der Waals surface area contributed by atoms with Gasteiger partial charge in [-0.05, 0) is 29.9 Å². The fourth-order valence-electron chi connectivity index (χ4n) is 4.17. The van der Waals surface area contributed by atoms with Gasteiger partial charge in [-0.1, -0.05) is 48.7 Å². The molecule has 126 valence electrons. The first kappa shape index (κ1) is 15.8. The summed E-state index contributed by atoms with van der Waals surface area (Å²) in [5, 5.41) is 0.472. The fourth-order valence-corrected chi connectivity index (χ4v) is 4.32. The minimum Gasteiger partial charge on any atom is -0.494 e. The van der Waals surface area contributed by atoms with Gasteiger partial charge in [-0.15, -0.1) is 0 Å². The van der Waals surface area contributed by atoms with E-state index in [2.05, 4.69) is 34.1 Å². The number of pyridine rings is 1. The van der Waals surface area contributed by atoms with Crippen LogP contribution in [0.3, 0.4) is 0 Å². The number of benzene rings is 1. The third-order valence-corrected chi connectivity index (χ3v) is 5.69. The van der Waals surface area contributed by atoms with E-state index in [1.165, 1.54) is 25.7 Å². The van der Waals surface area contributed by atoms with Crippen molar-refractivity contribution in [3.8, 4) is 5.75 Å². The normalized spacial score (nSPS) is 18.7. The van der Waals surface area contributed by atoms with Crippen LogP contribution in [0.4, 0.5) is 5.69 Å². The van der Waals surface area contributed by atoms with Crippen molar-refractivity contribution < 1.29 is 4.74 Å². The Morgan fingerprint density at radius 2 is 1.75 bits per heavy atom. The highest BCUT2D eigenvalue weighted by molar-refractivity contribution is 6.29. The van der Waals surface area contributed by atoms with Crippen molar-refractivity contribution in [3.63, 3.8) is 0 Å². The number of rotatable bonds is 4. The van der Waals surface area contributed by atoms with E-state index in [9.17, 15) is 0 Å². The molecule has 1 saturated carbocycles. The number of methoxy groups -OCH3 is 1.